The second-order valence-electron chi connectivity index (χ2n) is 4.91. The fraction of sp³-hybridized carbons (Fsp3) is 0.600. The predicted molar refractivity (Wildman–Crippen MR) is 73.0 cm³/mol. The van der Waals surface area contributed by atoms with Crippen molar-refractivity contribution < 1.29 is 9.47 Å². The van der Waals surface area contributed by atoms with Gasteiger partial charge in [0, 0.05) is 19.3 Å². The Morgan fingerprint density at radius 2 is 1.94 bits per heavy atom. The third-order valence-corrected chi connectivity index (χ3v) is 3.78. The first-order valence-corrected chi connectivity index (χ1v) is 6.72. The van der Waals surface area contributed by atoms with Crippen LogP contribution in [0.4, 0.5) is 0 Å². The summed E-state index contributed by atoms with van der Waals surface area (Å²) < 4.78 is 10.6. The monoisotopic (exact) mass is 249 g/mol. The normalized spacial score (nSPS) is 18.6. The fourth-order valence-electron chi connectivity index (χ4n) is 2.57. The summed E-state index contributed by atoms with van der Waals surface area (Å²) in [7, 11) is 3.74. The molecule has 0 spiro atoms. The molecule has 1 atom stereocenters. The first-order valence-electron chi connectivity index (χ1n) is 6.72. The molecule has 2 rings (SSSR count). The van der Waals surface area contributed by atoms with Crippen LogP contribution in [0.5, 0.6) is 5.75 Å². The molecule has 0 amide bonds. The molecule has 1 N–H and O–H groups in total. The van der Waals surface area contributed by atoms with E-state index in [1.807, 2.05) is 19.2 Å². The summed E-state index contributed by atoms with van der Waals surface area (Å²) in [6.45, 7) is 1.84. The highest BCUT2D eigenvalue weighted by Gasteiger charge is 2.19. The molecule has 1 saturated heterocycles. The third-order valence-electron chi connectivity index (χ3n) is 3.78. The number of hydrogen-bond donors (Lipinski definition) is 1. The van der Waals surface area contributed by atoms with Crippen molar-refractivity contribution in [2.75, 3.05) is 27.4 Å². The van der Waals surface area contributed by atoms with Crippen LogP contribution in [0.1, 0.15) is 30.9 Å². The maximum absolute atomic E-state index is 5.41. The molecule has 0 radical (unpaired) electrons. The standard InChI is InChI=1S/C15H23NO2/c1-16-15(11-12-7-9-18-10-8-12)13-3-5-14(17-2)6-4-13/h3-6,12,15-16H,7-11H2,1-2H3. The molecule has 3 heteroatoms. The van der Waals surface area contributed by atoms with Gasteiger partial charge in [-0.25, -0.2) is 0 Å². The van der Waals surface area contributed by atoms with Gasteiger partial charge in [-0.2, -0.15) is 0 Å². The second-order valence-corrected chi connectivity index (χ2v) is 4.91. The summed E-state index contributed by atoms with van der Waals surface area (Å²) in [5.74, 6) is 1.69. The minimum atomic E-state index is 0.430. The average molecular weight is 249 g/mol. The molecule has 1 unspecified atom stereocenters. The molecule has 1 fully saturated rings. The van der Waals surface area contributed by atoms with Crippen LogP contribution in [-0.2, 0) is 4.74 Å². The van der Waals surface area contributed by atoms with Crippen LogP contribution in [0.3, 0.4) is 0 Å². The zero-order valence-electron chi connectivity index (χ0n) is 11.3. The van der Waals surface area contributed by atoms with Gasteiger partial charge in [0.15, 0.2) is 0 Å². The molecule has 100 valence electrons. The highest BCUT2D eigenvalue weighted by molar-refractivity contribution is 5.29. The Hall–Kier alpha value is -1.06. The van der Waals surface area contributed by atoms with Crippen LogP contribution in [-0.4, -0.2) is 27.4 Å². The molecule has 0 aromatic heterocycles. The highest BCUT2D eigenvalue weighted by atomic mass is 16.5. The van der Waals surface area contributed by atoms with E-state index in [-0.39, 0.29) is 0 Å². The van der Waals surface area contributed by atoms with Gasteiger partial charge in [-0.05, 0) is 49.9 Å². The van der Waals surface area contributed by atoms with Gasteiger partial charge >= 0.3 is 0 Å². The van der Waals surface area contributed by atoms with Crippen molar-refractivity contribution in [2.24, 2.45) is 5.92 Å². The molecule has 1 aliphatic heterocycles. The number of rotatable bonds is 5. The summed E-state index contributed by atoms with van der Waals surface area (Å²) in [4.78, 5) is 0. The van der Waals surface area contributed by atoms with Gasteiger partial charge in [0.25, 0.3) is 0 Å². The zero-order chi connectivity index (χ0) is 12.8. The van der Waals surface area contributed by atoms with E-state index in [1.54, 1.807) is 7.11 Å². The Morgan fingerprint density at radius 1 is 1.28 bits per heavy atom. The van der Waals surface area contributed by atoms with E-state index >= 15 is 0 Å². The number of ether oxygens (including phenoxy) is 2. The van der Waals surface area contributed by atoms with Crippen LogP contribution in [0.2, 0.25) is 0 Å². The van der Waals surface area contributed by atoms with Crippen molar-refractivity contribution in [3.8, 4) is 5.75 Å². The minimum Gasteiger partial charge on any atom is -0.497 e. The van der Waals surface area contributed by atoms with Crippen LogP contribution in [0, 0.1) is 5.92 Å². The summed E-state index contributed by atoms with van der Waals surface area (Å²) in [5, 5.41) is 3.42. The topological polar surface area (TPSA) is 30.5 Å². The lowest BCUT2D eigenvalue weighted by Gasteiger charge is -2.26. The van der Waals surface area contributed by atoms with E-state index in [0.29, 0.717) is 6.04 Å². The summed E-state index contributed by atoms with van der Waals surface area (Å²) in [5.41, 5.74) is 1.34. The summed E-state index contributed by atoms with van der Waals surface area (Å²) >= 11 is 0. The predicted octanol–water partition coefficient (Wildman–Crippen LogP) is 2.77. The molecule has 18 heavy (non-hydrogen) atoms. The van der Waals surface area contributed by atoms with Crippen LogP contribution >= 0.6 is 0 Å². The van der Waals surface area contributed by atoms with Crippen LogP contribution in [0.15, 0.2) is 24.3 Å². The van der Waals surface area contributed by atoms with Crippen molar-refractivity contribution in [1.29, 1.82) is 0 Å². The fourth-order valence-corrected chi connectivity index (χ4v) is 2.57. The average Bonchev–Trinajstić information content (AvgIpc) is 2.46. The second kappa shape index (κ2) is 6.76. The Morgan fingerprint density at radius 3 is 2.50 bits per heavy atom. The Bertz CT molecular complexity index is 344. The Kier molecular flexibility index (Phi) is 5.02. The molecule has 3 nitrogen and oxygen atoms in total. The Labute approximate surface area is 109 Å². The van der Waals surface area contributed by atoms with Crippen molar-refractivity contribution in [2.45, 2.75) is 25.3 Å². The third kappa shape index (κ3) is 3.47. The Balaban J connectivity index is 1.97. The van der Waals surface area contributed by atoms with Gasteiger partial charge in [-0.3, -0.25) is 0 Å². The molecule has 0 bridgehead atoms. The van der Waals surface area contributed by atoms with E-state index in [9.17, 15) is 0 Å². The van der Waals surface area contributed by atoms with E-state index < -0.39 is 0 Å². The van der Waals surface area contributed by atoms with Crippen LogP contribution < -0.4 is 10.1 Å². The van der Waals surface area contributed by atoms with Crippen molar-refractivity contribution in [3.63, 3.8) is 0 Å². The molecular weight excluding hydrogens is 226 g/mol. The maximum Gasteiger partial charge on any atom is 0.118 e. The SMILES string of the molecule is CNC(CC1CCOCC1)c1ccc(OC)cc1. The molecule has 0 saturated carbocycles. The zero-order valence-corrected chi connectivity index (χ0v) is 11.3. The maximum atomic E-state index is 5.41. The van der Waals surface area contributed by atoms with Crippen molar-refractivity contribution in [3.05, 3.63) is 29.8 Å². The first kappa shape index (κ1) is 13.4. The quantitative estimate of drug-likeness (QED) is 0.870. The number of methoxy groups -OCH3 is 1. The number of benzene rings is 1. The van der Waals surface area contributed by atoms with Gasteiger partial charge in [0.05, 0.1) is 7.11 Å². The van der Waals surface area contributed by atoms with Gasteiger partial charge in [0.2, 0.25) is 0 Å². The molecule has 1 heterocycles. The summed E-state index contributed by atoms with van der Waals surface area (Å²) in [6.07, 6.45) is 3.56. The smallest absolute Gasteiger partial charge is 0.118 e. The van der Waals surface area contributed by atoms with Crippen molar-refractivity contribution in [1.82, 2.24) is 5.32 Å². The lowest BCUT2D eigenvalue weighted by molar-refractivity contribution is 0.0608. The van der Waals surface area contributed by atoms with Gasteiger partial charge < -0.3 is 14.8 Å². The largest absolute Gasteiger partial charge is 0.497 e. The molecule has 1 aromatic rings. The lowest BCUT2D eigenvalue weighted by Crippen LogP contribution is -2.23. The molecule has 1 aromatic carbocycles. The van der Waals surface area contributed by atoms with E-state index in [0.717, 1.165) is 24.9 Å². The minimum absolute atomic E-state index is 0.430. The molecular formula is C15H23NO2. The van der Waals surface area contributed by atoms with Crippen LogP contribution in [0.25, 0.3) is 0 Å². The number of hydrogen-bond acceptors (Lipinski definition) is 3. The number of nitrogens with one attached hydrogen (secondary N) is 1. The first-order chi connectivity index (χ1) is 8.83. The molecule has 1 aliphatic rings. The molecule has 0 aliphatic carbocycles. The lowest BCUT2D eigenvalue weighted by atomic mass is 9.89. The van der Waals surface area contributed by atoms with Gasteiger partial charge in [-0.1, -0.05) is 12.1 Å². The van der Waals surface area contributed by atoms with Gasteiger partial charge in [0.1, 0.15) is 5.75 Å². The van der Waals surface area contributed by atoms with E-state index in [1.165, 1.54) is 24.8 Å². The highest BCUT2D eigenvalue weighted by Crippen LogP contribution is 2.28. The summed E-state index contributed by atoms with van der Waals surface area (Å²) in [6, 6.07) is 8.80. The van der Waals surface area contributed by atoms with E-state index in [4.69, 9.17) is 9.47 Å². The van der Waals surface area contributed by atoms with Gasteiger partial charge in [-0.15, -0.1) is 0 Å². The van der Waals surface area contributed by atoms with E-state index in [2.05, 4.69) is 17.4 Å². The van der Waals surface area contributed by atoms with Crippen molar-refractivity contribution >= 4 is 0 Å².